The van der Waals surface area contributed by atoms with Crippen molar-refractivity contribution in [3.05, 3.63) is 69.2 Å². The first-order valence-electron chi connectivity index (χ1n) is 6.43. The van der Waals surface area contributed by atoms with E-state index in [4.69, 9.17) is 23.2 Å². The summed E-state index contributed by atoms with van der Waals surface area (Å²) in [5.74, 6) is 0. The quantitative estimate of drug-likeness (QED) is 0.628. The van der Waals surface area contributed by atoms with Crippen molar-refractivity contribution in [2.45, 2.75) is 32.6 Å². The van der Waals surface area contributed by atoms with Crippen LogP contribution in [0.4, 0.5) is 0 Å². The predicted molar refractivity (Wildman–Crippen MR) is 84.4 cm³/mol. The van der Waals surface area contributed by atoms with Gasteiger partial charge in [-0.2, -0.15) is 0 Å². The first kappa shape index (κ1) is 14.4. The summed E-state index contributed by atoms with van der Waals surface area (Å²) in [5, 5.41) is 0.775. The van der Waals surface area contributed by atoms with Gasteiger partial charge in [0.1, 0.15) is 0 Å². The van der Waals surface area contributed by atoms with E-state index in [1.165, 1.54) is 16.7 Å². The number of rotatable bonds is 3. The minimum Gasteiger partial charge on any atom is -0.117 e. The third-order valence-corrected chi connectivity index (χ3v) is 4.36. The summed E-state index contributed by atoms with van der Waals surface area (Å²) in [6, 6.07) is 12.5. The third-order valence-electron chi connectivity index (χ3n) is 3.53. The molecule has 100 valence electrons. The summed E-state index contributed by atoms with van der Waals surface area (Å²) in [6.07, 6.45) is 0.837. The van der Waals surface area contributed by atoms with Crippen LogP contribution in [0.3, 0.4) is 0 Å². The van der Waals surface area contributed by atoms with Crippen molar-refractivity contribution in [1.29, 1.82) is 0 Å². The summed E-state index contributed by atoms with van der Waals surface area (Å²) in [5.41, 5.74) is 6.10. The average Bonchev–Trinajstić information content (AvgIpc) is 2.37. The molecule has 0 radical (unpaired) electrons. The fourth-order valence-corrected chi connectivity index (χ4v) is 2.55. The Balaban J connectivity index is 2.17. The van der Waals surface area contributed by atoms with Crippen LogP contribution >= 0.6 is 23.2 Å². The van der Waals surface area contributed by atoms with Crippen molar-refractivity contribution in [2.24, 2.45) is 0 Å². The summed E-state index contributed by atoms with van der Waals surface area (Å²) in [7, 11) is 0. The third kappa shape index (κ3) is 3.52. The molecule has 0 saturated heterocycles. The molecule has 0 aliphatic heterocycles. The van der Waals surface area contributed by atoms with Crippen LogP contribution in [0, 0.1) is 20.8 Å². The highest BCUT2D eigenvalue weighted by atomic mass is 35.5. The molecular formula is C17H18Cl2. The number of hydrogen-bond acceptors (Lipinski definition) is 0. The van der Waals surface area contributed by atoms with Crippen LogP contribution in [0.5, 0.6) is 0 Å². The topological polar surface area (TPSA) is 0 Å². The van der Waals surface area contributed by atoms with Crippen molar-refractivity contribution in [1.82, 2.24) is 0 Å². The van der Waals surface area contributed by atoms with E-state index in [1.807, 2.05) is 19.1 Å². The van der Waals surface area contributed by atoms with Crippen LogP contribution in [-0.4, -0.2) is 0 Å². The van der Waals surface area contributed by atoms with Gasteiger partial charge in [0, 0.05) is 5.02 Å². The fourth-order valence-electron chi connectivity index (χ4n) is 2.12. The van der Waals surface area contributed by atoms with Gasteiger partial charge in [-0.3, -0.25) is 0 Å². The van der Waals surface area contributed by atoms with Gasteiger partial charge >= 0.3 is 0 Å². The van der Waals surface area contributed by atoms with Gasteiger partial charge in [0.25, 0.3) is 0 Å². The van der Waals surface area contributed by atoms with Gasteiger partial charge in [-0.15, -0.1) is 11.6 Å². The fraction of sp³-hybridized carbons (Fsp3) is 0.294. The van der Waals surface area contributed by atoms with Crippen LogP contribution in [0.2, 0.25) is 5.02 Å². The second-order valence-electron chi connectivity index (χ2n) is 5.10. The maximum Gasteiger partial charge on any atom is 0.0625 e. The van der Waals surface area contributed by atoms with Crippen LogP contribution in [0.1, 0.15) is 33.2 Å². The molecule has 0 bridgehead atoms. The zero-order valence-corrected chi connectivity index (χ0v) is 13.0. The van der Waals surface area contributed by atoms with Gasteiger partial charge in [-0.25, -0.2) is 0 Å². The maximum absolute atomic E-state index is 6.51. The van der Waals surface area contributed by atoms with E-state index in [0.29, 0.717) is 0 Å². The Morgan fingerprint density at radius 3 is 2.26 bits per heavy atom. The lowest BCUT2D eigenvalue weighted by Gasteiger charge is -2.12. The largest absolute Gasteiger partial charge is 0.117 e. The van der Waals surface area contributed by atoms with E-state index in [1.54, 1.807) is 0 Å². The Labute approximate surface area is 125 Å². The van der Waals surface area contributed by atoms with Crippen LogP contribution in [0.25, 0.3) is 0 Å². The predicted octanol–water partition coefficient (Wildman–Crippen LogP) is 5.79. The summed E-state index contributed by atoms with van der Waals surface area (Å²) in [6.45, 7) is 6.26. The number of alkyl halides is 1. The molecule has 0 fully saturated rings. The standard InChI is InChI=1S/C17H18Cl2/c1-11-4-5-14(8-12(11)2)10-17(19)15-6-7-16(18)13(3)9-15/h4-9,17H,10H2,1-3H3. The summed E-state index contributed by atoms with van der Waals surface area (Å²) < 4.78 is 0. The molecule has 0 aliphatic carbocycles. The van der Waals surface area contributed by atoms with E-state index < -0.39 is 0 Å². The molecule has 1 unspecified atom stereocenters. The minimum absolute atomic E-state index is 0.0157. The average molecular weight is 293 g/mol. The summed E-state index contributed by atoms with van der Waals surface area (Å²) >= 11 is 12.6. The first-order chi connectivity index (χ1) is 8.97. The molecule has 0 aliphatic rings. The van der Waals surface area contributed by atoms with Gasteiger partial charge in [-0.1, -0.05) is 41.9 Å². The number of halogens is 2. The second-order valence-corrected chi connectivity index (χ2v) is 6.03. The minimum atomic E-state index is -0.0157. The highest BCUT2D eigenvalue weighted by Crippen LogP contribution is 2.28. The number of benzene rings is 2. The molecular weight excluding hydrogens is 275 g/mol. The van der Waals surface area contributed by atoms with E-state index in [0.717, 1.165) is 22.6 Å². The smallest absolute Gasteiger partial charge is 0.0625 e. The zero-order chi connectivity index (χ0) is 14.0. The van der Waals surface area contributed by atoms with Gasteiger partial charge in [0.05, 0.1) is 5.38 Å². The lowest BCUT2D eigenvalue weighted by Crippen LogP contribution is -1.97. The molecule has 0 nitrogen and oxygen atoms in total. The van der Waals surface area contributed by atoms with Gasteiger partial charge in [0.15, 0.2) is 0 Å². The van der Waals surface area contributed by atoms with E-state index in [9.17, 15) is 0 Å². The van der Waals surface area contributed by atoms with Gasteiger partial charge in [-0.05, 0) is 61.1 Å². The number of hydrogen-bond donors (Lipinski definition) is 0. The molecule has 19 heavy (non-hydrogen) atoms. The molecule has 2 heteroatoms. The lowest BCUT2D eigenvalue weighted by molar-refractivity contribution is 0.915. The highest BCUT2D eigenvalue weighted by Gasteiger charge is 2.10. The van der Waals surface area contributed by atoms with Crippen molar-refractivity contribution in [2.75, 3.05) is 0 Å². The Kier molecular flexibility index (Phi) is 4.54. The van der Waals surface area contributed by atoms with Crippen molar-refractivity contribution in [3.8, 4) is 0 Å². The molecule has 2 rings (SSSR count). The Bertz CT molecular complexity index is 588. The molecule has 0 saturated carbocycles. The van der Waals surface area contributed by atoms with Crippen molar-refractivity contribution >= 4 is 23.2 Å². The molecule has 2 aromatic carbocycles. The SMILES string of the molecule is Cc1ccc(CC(Cl)c2ccc(Cl)c(C)c2)cc1C. The zero-order valence-electron chi connectivity index (χ0n) is 11.5. The van der Waals surface area contributed by atoms with E-state index in [2.05, 4.69) is 38.1 Å². The molecule has 0 heterocycles. The molecule has 0 spiro atoms. The van der Waals surface area contributed by atoms with Gasteiger partial charge < -0.3 is 0 Å². The van der Waals surface area contributed by atoms with Crippen molar-refractivity contribution in [3.63, 3.8) is 0 Å². The lowest BCUT2D eigenvalue weighted by atomic mass is 9.99. The molecule has 0 aromatic heterocycles. The Hall–Kier alpha value is -0.980. The number of aryl methyl sites for hydroxylation is 3. The maximum atomic E-state index is 6.51. The van der Waals surface area contributed by atoms with Gasteiger partial charge in [0.2, 0.25) is 0 Å². The molecule has 0 N–H and O–H groups in total. The van der Waals surface area contributed by atoms with Crippen LogP contribution in [-0.2, 0) is 6.42 Å². The summed E-state index contributed by atoms with van der Waals surface area (Å²) in [4.78, 5) is 0. The molecule has 0 amide bonds. The van der Waals surface area contributed by atoms with Crippen LogP contribution in [0.15, 0.2) is 36.4 Å². The monoisotopic (exact) mass is 292 g/mol. The van der Waals surface area contributed by atoms with E-state index >= 15 is 0 Å². The molecule has 1 atom stereocenters. The highest BCUT2D eigenvalue weighted by molar-refractivity contribution is 6.31. The normalized spacial score (nSPS) is 12.5. The second kappa shape index (κ2) is 5.98. The Morgan fingerprint density at radius 2 is 1.63 bits per heavy atom. The van der Waals surface area contributed by atoms with Crippen LogP contribution < -0.4 is 0 Å². The molecule has 2 aromatic rings. The van der Waals surface area contributed by atoms with E-state index in [-0.39, 0.29) is 5.38 Å². The Morgan fingerprint density at radius 1 is 0.895 bits per heavy atom. The first-order valence-corrected chi connectivity index (χ1v) is 7.25. The van der Waals surface area contributed by atoms with Crippen molar-refractivity contribution < 1.29 is 0 Å².